The Balaban J connectivity index is 2.54. The van der Waals surface area contributed by atoms with Crippen molar-refractivity contribution in [2.75, 3.05) is 6.54 Å². The van der Waals surface area contributed by atoms with Crippen molar-refractivity contribution in [1.82, 2.24) is 9.88 Å². The maximum absolute atomic E-state index is 3.63. The molecule has 0 fully saturated rings. The third kappa shape index (κ3) is 2.02. The molecule has 1 N–H and O–H groups in total. The predicted molar refractivity (Wildman–Crippen MR) is 72.7 cm³/mol. The summed E-state index contributed by atoms with van der Waals surface area (Å²) in [5, 5.41) is 4.73. The lowest BCUT2D eigenvalue weighted by atomic mass is 10.2. The van der Waals surface area contributed by atoms with Crippen LogP contribution in [0.1, 0.15) is 19.4 Å². The summed E-state index contributed by atoms with van der Waals surface area (Å²) >= 11 is 3.63. The van der Waals surface area contributed by atoms with E-state index >= 15 is 0 Å². The van der Waals surface area contributed by atoms with Crippen LogP contribution in [0.4, 0.5) is 0 Å². The Morgan fingerprint density at radius 3 is 2.81 bits per heavy atom. The first-order valence-electron chi connectivity index (χ1n) is 5.74. The second kappa shape index (κ2) is 5.02. The smallest absolute Gasteiger partial charge is 0.0627 e. The van der Waals surface area contributed by atoms with Crippen molar-refractivity contribution in [3.8, 4) is 0 Å². The van der Waals surface area contributed by atoms with Crippen LogP contribution >= 0.6 is 15.9 Å². The van der Waals surface area contributed by atoms with E-state index in [1.165, 1.54) is 20.9 Å². The van der Waals surface area contributed by atoms with Crippen molar-refractivity contribution >= 4 is 26.8 Å². The van der Waals surface area contributed by atoms with Gasteiger partial charge in [-0.2, -0.15) is 0 Å². The van der Waals surface area contributed by atoms with Gasteiger partial charge in [0.25, 0.3) is 0 Å². The molecule has 16 heavy (non-hydrogen) atoms. The molecule has 1 aromatic heterocycles. The highest BCUT2D eigenvalue weighted by Crippen LogP contribution is 2.28. The lowest BCUT2D eigenvalue weighted by molar-refractivity contribution is 0.721. The number of aromatic nitrogens is 1. The average Bonchev–Trinajstić information content (AvgIpc) is 2.66. The number of nitrogens with one attached hydrogen (secondary N) is 1. The molecule has 2 aromatic rings. The van der Waals surface area contributed by atoms with Gasteiger partial charge in [0.05, 0.1) is 5.52 Å². The number of halogens is 1. The molecule has 0 aliphatic carbocycles. The van der Waals surface area contributed by atoms with Gasteiger partial charge in [-0.25, -0.2) is 0 Å². The van der Waals surface area contributed by atoms with Crippen LogP contribution in [0.15, 0.2) is 28.9 Å². The topological polar surface area (TPSA) is 17.0 Å². The molecule has 0 bridgehead atoms. The lowest BCUT2D eigenvalue weighted by Gasteiger charge is -2.02. The third-order valence-corrected chi connectivity index (χ3v) is 3.48. The van der Waals surface area contributed by atoms with Crippen molar-refractivity contribution in [3.63, 3.8) is 0 Å². The van der Waals surface area contributed by atoms with Crippen molar-refractivity contribution in [1.29, 1.82) is 0 Å². The molecule has 86 valence electrons. The van der Waals surface area contributed by atoms with Gasteiger partial charge >= 0.3 is 0 Å². The van der Waals surface area contributed by atoms with E-state index < -0.39 is 0 Å². The van der Waals surface area contributed by atoms with Crippen molar-refractivity contribution < 1.29 is 0 Å². The van der Waals surface area contributed by atoms with Crippen LogP contribution in [-0.2, 0) is 13.1 Å². The van der Waals surface area contributed by atoms with Gasteiger partial charge < -0.3 is 9.88 Å². The minimum Gasteiger partial charge on any atom is -0.347 e. The Kier molecular flexibility index (Phi) is 3.66. The minimum absolute atomic E-state index is 0.941. The van der Waals surface area contributed by atoms with Gasteiger partial charge in [-0.15, -0.1) is 0 Å². The highest BCUT2D eigenvalue weighted by atomic mass is 79.9. The number of aryl methyl sites for hydroxylation is 1. The zero-order chi connectivity index (χ0) is 11.5. The molecular weight excluding hydrogens is 264 g/mol. The van der Waals surface area contributed by atoms with Crippen LogP contribution in [0, 0.1) is 0 Å². The Morgan fingerprint density at radius 2 is 2.12 bits per heavy atom. The quantitative estimate of drug-likeness (QED) is 0.907. The summed E-state index contributed by atoms with van der Waals surface area (Å²) in [5.74, 6) is 0. The van der Waals surface area contributed by atoms with E-state index in [4.69, 9.17) is 0 Å². The van der Waals surface area contributed by atoms with E-state index in [9.17, 15) is 0 Å². The lowest BCUT2D eigenvalue weighted by Crippen LogP contribution is -2.11. The molecule has 2 nitrogen and oxygen atoms in total. The first-order chi connectivity index (χ1) is 7.77. The molecule has 0 atom stereocenters. The van der Waals surface area contributed by atoms with E-state index in [0.717, 1.165) is 19.6 Å². The van der Waals surface area contributed by atoms with Crippen LogP contribution in [0.5, 0.6) is 0 Å². The summed E-state index contributed by atoms with van der Waals surface area (Å²) in [5.41, 5.74) is 2.68. The maximum atomic E-state index is 3.63. The first-order valence-corrected chi connectivity index (χ1v) is 6.54. The standard InChI is InChI=1S/C13H17BrN2/c1-3-15-8-10-9-16(4-2)13-11(10)6-5-7-12(13)14/h5-7,9,15H,3-4,8H2,1-2H3. The van der Waals surface area contributed by atoms with Crippen LogP contribution in [0.3, 0.4) is 0 Å². The monoisotopic (exact) mass is 280 g/mol. The third-order valence-electron chi connectivity index (χ3n) is 2.84. The van der Waals surface area contributed by atoms with E-state index in [2.05, 4.69) is 64.1 Å². The SMILES string of the molecule is CCNCc1cn(CC)c2c(Br)cccc12. The fourth-order valence-electron chi connectivity index (χ4n) is 2.04. The summed E-state index contributed by atoms with van der Waals surface area (Å²) < 4.78 is 3.47. The van der Waals surface area contributed by atoms with Crippen LogP contribution in [0.25, 0.3) is 10.9 Å². The molecule has 1 heterocycles. The fraction of sp³-hybridized carbons (Fsp3) is 0.385. The summed E-state index contributed by atoms with van der Waals surface area (Å²) in [4.78, 5) is 0. The molecule has 0 saturated carbocycles. The van der Waals surface area contributed by atoms with Crippen molar-refractivity contribution in [2.24, 2.45) is 0 Å². The Hall–Kier alpha value is -0.800. The molecule has 3 heteroatoms. The molecule has 0 amide bonds. The fourth-order valence-corrected chi connectivity index (χ4v) is 2.63. The second-order valence-electron chi connectivity index (χ2n) is 3.86. The molecule has 2 rings (SSSR count). The number of para-hydroxylation sites is 1. The molecule has 1 aromatic carbocycles. The second-order valence-corrected chi connectivity index (χ2v) is 4.71. The van der Waals surface area contributed by atoms with Gasteiger partial charge in [-0.3, -0.25) is 0 Å². The molecule has 0 radical (unpaired) electrons. The Labute approximate surface area is 105 Å². The van der Waals surface area contributed by atoms with Gasteiger partial charge in [-0.1, -0.05) is 19.1 Å². The molecule has 0 aliphatic rings. The van der Waals surface area contributed by atoms with E-state index in [1.807, 2.05) is 0 Å². The normalized spacial score (nSPS) is 11.2. The maximum Gasteiger partial charge on any atom is 0.0627 e. The predicted octanol–water partition coefficient (Wildman–Crippen LogP) is 3.53. The highest BCUT2D eigenvalue weighted by molar-refractivity contribution is 9.10. The van der Waals surface area contributed by atoms with Crippen LogP contribution < -0.4 is 5.32 Å². The first kappa shape index (κ1) is 11.7. The van der Waals surface area contributed by atoms with Gasteiger partial charge in [0.1, 0.15) is 0 Å². The molecule has 0 unspecified atom stereocenters. The Morgan fingerprint density at radius 1 is 1.31 bits per heavy atom. The number of rotatable bonds is 4. The van der Waals surface area contributed by atoms with E-state index in [0.29, 0.717) is 0 Å². The zero-order valence-corrected chi connectivity index (χ0v) is 11.3. The Bertz CT molecular complexity index is 488. The number of nitrogens with zero attached hydrogens (tertiary/aromatic N) is 1. The highest BCUT2D eigenvalue weighted by Gasteiger charge is 2.09. The number of hydrogen-bond donors (Lipinski definition) is 1. The van der Waals surface area contributed by atoms with Crippen LogP contribution in [0.2, 0.25) is 0 Å². The van der Waals surface area contributed by atoms with Gasteiger partial charge in [0.2, 0.25) is 0 Å². The summed E-state index contributed by atoms with van der Waals surface area (Å²) in [7, 11) is 0. The van der Waals surface area contributed by atoms with Gasteiger partial charge in [0, 0.05) is 29.1 Å². The molecule has 0 saturated heterocycles. The number of benzene rings is 1. The van der Waals surface area contributed by atoms with Crippen molar-refractivity contribution in [2.45, 2.75) is 26.9 Å². The summed E-state index contributed by atoms with van der Waals surface area (Å²) in [6.45, 7) is 7.26. The summed E-state index contributed by atoms with van der Waals surface area (Å²) in [6.07, 6.45) is 2.25. The van der Waals surface area contributed by atoms with Gasteiger partial charge in [0.15, 0.2) is 0 Å². The number of fused-ring (bicyclic) bond motifs is 1. The molecule has 0 spiro atoms. The summed E-state index contributed by atoms with van der Waals surface area (Å²) in [6, 6.07) is 6.40. The van der Waals surface area contributed by atoms with Gasteiger partial charge in [-0.05, 0) is 41.0 Å². The van der Waals surface area contributed by atoms with E-state index in [-0.39, 0.29) is 0 Å². The molecular formula is C13H17BrN2. The van der Waals surface area contributed by atoms with Crippen molar-refractivity contribution in [3.05, 3.63) is 34.4 Å². The average molecular weight is 281 g/mol. The number of hydrogen-bond acceptors (Lipinski definition) is 1. The van der Waals surface area contributed by atoms with Crippen LogP contribution in [-0.4, -0.2) is 11.1 Å². The largest absolute Gasteiger partial charge is 0.347 e. The molecule has 0 aliphatic heterocycles. The minimum atomic E-state index is 0.941. The van der Waals surface area contributed by atoms with E-state index in [1.54, 1.807) is 0 Å². The zero-order valence-electron chi connectivity index (χ0n) is 9.76.